The Hall–Kier alpha value is -1.80. The van der Waals surface area contributed by atoms with E-state index < -0.39 is 0 Å². The van der Waals surface area contributed by atoms with Crippen molar-refractivity contribution in [2.45, 2.75) is 26.3 Å². The molecule has 0 saturated heterocycles. The highest BCUT2D eigenvalue weighted by Gasteiger charge is 2.10. The standard InChI is InChI=1S/C18H23NO/c1-3-20-18-12-8-7-11-17(18)15(2)19-14-13-16-9-5-4-6-10-16/h4-12,15,19H,3,13-14H2,1-2H3. The second-order valence-corrected chi connectivity index (χ2v) is 4.88. The van der Waals surface area contributed by atoms with Crippen LogP contribution in [0, 0.1) is 0 Å². The number of para-hydroxylation sites is 1. The van der Waals surface area contributed by atoms with Crippen LogP contribution >= 0.6 is 0 Å². The number of hydrogen-bond donors (Lipinski definition) is 1. The third-order valence-electron chi connectivity index (χ3n) is 3.39. The summed E-state index contributed by atoms with van der Waals surface area (Å²) in [5.41, 5.74) is 2.59. The summed E-state index contributed by atoms with van der Waals surface area (Å²) in [6.45, 7) is 5.87. The van der Waals surface area contributed by atoms with Crippen LogP contribution in [-0.2, 0) is 6.42 Å². The van der Waals surface area contributed by atoms with Crippen molar-refractivity contribution in [2.24, 2.45) is 0 Å². The lowest BCUT2D eigenvalue weighted by Gasteiger charge is -2.18. The Bertz CT molecular complexity index is 510. The SMILES string of the molecule is CCOc1ccccc1C(C)NCCc1ccccc1. The summed E-state index contributed by atoms with van der Waals surface area (Å²) in [6.07, 6.45) is 1.04. The first-order valence-electron chi connectivity index (χ1n) is 7.30. The van der Waals surface area contributed by atoms with E-state index in [4.69, 9.17) is 4.74 Å². The molecule has 2 rings (SSSR count). The van der Waals surface area contributed by atoms with E-state index in [1.807, 2.05) is 19.1 Å². The summed E-state index contributed by atoms with van der Waals surface area (Å²) < 4.78 is 5.68. The number of rotatable bonds is 7. The second kappa shape index (κ2) is 7.71. The van der Waals surface area contributed by atoms with Gasteiger partial charge in [0, 0.05) is 11.6 Å². The van der Waals surface area contributed by atoms with Crippen LogP contribution < -0.4 is 10.1 Å². The molecule has 106 valence electrons. The van der Waals surface area contributed by atoms with E-state index in [2.05, 4.69) is 54.7 Å². The van der Waals surface area contributed by atoms with Crippen LogP contribution in [0.3, 0.4) is 0 Å². The topological polar surface area (TPSA) is 21.3 Å². The van der Waals surface area contributed by atoms with Crippen molar-refractivity contribution < 1.29 is 4.74 Å². The predicted octanol–water partition coefficient (Wildman–Crippen LogP) is 3.98. The van der Waals surface area contributed by atoms with Gasteiger partial charge >= 0.3 is 0 Å². The van der Waals surface area contributed by atoms with Crippen LogP contribution in [0.15, 0.2) is 54.6 Å². The molecule has 0 saturated carbocycles. The molecule has 0 aliphatic heterocycles. The quantitative estimate of drug-likeness (QED) is 0.821. The van der Waals surface area contributed by atoms with Crippen LogP contribution in [0.1, 0.15) is 31.0 Å². The normalized spacial score (nSPS) is 12.1. The summed E-state index contributed by atoms with van der Waals surface area (Å²) in [5.74, 6) is 0.981. The van der Waals surface area contributed by atoms with Gasteiger partial charge in [-0.2, -0.15) is 0 Å². The van der Waals surface area contributed by atoms with E-state index in [1.54, 1.807) is 0 Å². The first-order valence-corrected chi connectivity index (χ1v) is 7.30. The maximum Gasteiger partial charge on any atom is 0.124 e. The molecule has 1 N–H and O–H groups in total. The van der Waals surface area contributed by atoms with E-state index in [1.165, 1.54) is 11.1 Å². The van der Waals surface area contributed by atoms with E-state index in [-0.39, 0.29) is 0 Å². The Morgan fingerprint density at radius 2 is 1.70 bits per heavy atom. The van der Waals surface area contributed by atoms with Gasteiger partial charge in [-0.3, -0.25) is 0 Å². The molecular formula is C18H23NO. The Labute approximate surface area is 121 Å². The lowest BCUT2D eigenvalue weighted by Crippen LogP contribution is -2.22. The molecule has 20 heavy (non-hydrogen) atoms. The minimum atomic E-state index is 0.293. The van der Waals surface area contributed by atoms with Crippen LogP contribution in [0.5, 0.6) is 5.75 Å². The van der Waals surface area contributed by atoms with Crippen LogP contribution in [0.4, 0.5) is 0 Å². The number of benzene rings is 2. The van der Waals surface area contributed by atoms with Crippen molar-refractivity contribution >= 4 is 0 Å². The monoisotopic (exact) mass is 269 g/mol. The van der Waals surface area contributed by atoms with E-state index in [9.17, 15) is 0 Å². The first kappa shape index (κ1) is 14.6. The largest absolute Gasteiger partial charge is 0.494 e. The van der Waals surface area contributed by atoms with Gasteiger partial charge in [-0.25, -0.2) is 0 Å². The zero-order valence-corrected chi connectivity index (χ0v) is 12.3. The van der Waals surface area contributed by atoms with Crippen molar-refractivity contribution in [3.8, 4) is 5.75 Å². The molecule has 0 spiro atoms. The zero-order chi connectivity index (χ0) is 14.2. The van der Waals surface area contributed by atoms with Gasteiger partial charge in [0.05, 0.1) is 6.61 Å². The van der Waals surface area contributed by atoms with Crippen molar-refractivity contribution in [1.82, 2.24) is 5.32 Å². The second-order valence-electron chi connectivity index (χ2n) is 4.88. The fourth-order valence-corrected chi connectivity index (χ4v) is 2.31. The highest BCUT2D eigenvalue weighted by molar-refractivity contribution is 5.35. The van der Waals surface area contributed by atoms with Gasteiger partial charge in [0.2, 0.25) is 0 Å². The fourth-order valence-electron chi connectivity index (χ4n) is 2.31. The average Bonchev–Trinajstić information content (AvgIpc) is 2.49. The molecule has 1 atom stereocenters. The number of hydrogen-bond acceptors (Lipinski definition) is 2. The maximum atomic E-state index is 5.68. The van der Waals surface area contributed by atoms with Gasteiger partial charge in [-0.15, -0.1) is 0 Å². The Kier molecular flexibility index (Phi) is 5.63. The van der Waals surface area contributed by atoms with Crippen LogP contribution in [-0.4, -0.2) is 13.2 Å². The molecule has 0 bridgehead atoms. The molecule has 2 aromatic rings. The van der Waals surface area contributed by atoms with Gasteiger partial charge in [0.25, 0.3) is 0 Å². The summed E-state index contributed by atoms with van der Waals surface area (Å²) in [6, 6.07) is 19.1. The summed E-state index contributed by atoms with van der Waals surface area (Å²) in [7, 11) is 0. The smallest absolute Gasteiger partial charge is 0.124 e. The molecule has 0 aliphatic carbocycles. The molecule has 0 radical (unpaired) electrons. The van der Waals surface area contributed by atoms with E-state index in [0.717, 1.165) is 18.7 Å². The molecule has 2 heteroatoms. The highest BCUT2D eigenvalue weighted by atomic mass is 16.5. The number of nitrogens with one attached hydrogen (secondary N) is 1. The van der Waals surface area contributed by atoms with E-state index >= 15 is 0 Å². The van der Waals surface area contributed by atoms with Gasteiger partial charge in [0.1, 0.15) is 5.75 Å². The number of ether oxygens (including phenoxy) is 1. The highest BCUT2D eigenvalue weighted by Crippen LogP contribution is 2.24. The minimum absolute atomic E-state index is 0.293. The summed E-state index contributed by atoms with van der Waals surface area (Å²) in [5, 5.41) is 3.57. The summed E-state index contributed by atoms with van der Waals surface area (Å²) in [4.78, 5) is 0. The molecule has 1 unspecified atom stereocenters. The van der Waals surface area contributed by atoms with Gasteiger partial charge in [-0.05, 0) is 38.4 Å². The molecule has 2 nitrogen and oxygen atoms in total. The molecule has 0 amide bonds. The minimum Gasteiger partial charge on any atom is -0.494 e. The Balaban J connectivity index is 1.90. The van der Waals surface area contributed by atoms with Crippen molar-refractivity contribution in [1.29, 1.82) is 0 Å². The summed E-state index contributed by atoms with van der Waals surface area (Å²) >= 11 is 0. The van der Waals surface area contributed by atoms with Crippen LogP contribution in [0.25, 0.3) is 0 Å². The molecule has 0 fully saturated rings. The third-order valence-corrected chi connectivity index (χ3v) is 3.39. The van der Waals surface area contributed by atoms with Gasteiger partial charge in [-0.1, -0.05) is 48.5 Å². The first-order chi connectivity index (χ1) is 9.81. The van der Waals surface area contributed by atoms with Crippen LogP contribution in [0.2, 0.25) is 0 Å². The third kappa shape index (κ3) is 4.10. The molecule has 0 aromatic heterocycles. The van der Waals surface area contributed by atoms with Gasteiger partial charge < -0.3 is 10.1 Å². The molecule has 2 aromatic carbocycles. The molecule has 0 aliphatic rings. The van der Waals surface area contributed by atoms with Crippen molar-refractivity contribution in [3.63, 3.8) is 0 Å². The fraction of sp³-hybridized carbons (Fsp3) is 0.333. The Morgan fingerprint density at radius 1 is 1.00 bits per heavy atom. The molecular weight excluding hydrogens is 246 g/mol. The maximum absolute atomic E-state index is 5.68. The average molecular weight is 269 g/mol. The lowest BCUT2D eigenvalue weighted by molar-refractivity contribution is 0.332. The Morgan fingerprint density at radius 3 is 2.45 bits per heavy atom. The van der Waals surface area contributed by atoms with Crippen molar-refractivity contribution in [2.75, 3.05) is 13.2 Å². The lowest BCUT2D eigenvalue weighted by atomic mass is 10.1. The van der Waals surface area contributed by atoms with Crippen molar-refractivity contribution in [3.05, 3.63) is 65.7 Å². The predicted molar refractivity (Wildman–Crippen MR) is 84.2 cm³/mol. The van der Waals surface area contributed by atoms with Gasteiger partial charge in [0.15, 0.2) is 0 Å². The zero-order valence-electron chi connectivity index (χ0n) is 12.3. The molecule has 0 heterocycles. The van der Waals surface area contributed by atoms with E-state index in [0.29, 0.717) is 12.6 Å².